The second-order valence-corrected chi connectivity index (χ2v) is 6.86. The highest BCUT2D eigenvalue weighted by atomic mass is 79.9. The average Bonchev–Trinajstić information content (AvgIpc) is 2.69. The fraction of sp³-hybridized carbons (Fsp3) is 0.562. The van der Waals surface area contributed by atoms with E-state index in [0.29, 0.717) is 5.56 Å². The minimum atomic E-state index is -1.19. The van der Waals surface area contributed by atoms with Gasteiger partial charge in [-0.2, -0.15) is 0 Å². The quantitative estimate of drug-likeness (QED) is 0.809. The maximum atomic E-state index is 14.2. The van der Waals surface area contributed by atoms with Crippen molar-refractivity contribution in [3.63, 3.8) is 0 Å². The molecule has 1 unspecified atom stereocenters. The van der Waals surface area contributed by atoms with Crippen LogP contribution in [-0.2, 0) is 10.3 Å². The summed E-state index contributed by atoms with van der Waals surface area (Å²) in [4.78, 5) is 12.0. The van der Waals surface area contributed by atoms with E-state index in [4.69, 9.17) is 5.73 Å². The number of benzene rings is 1. The maximum Gasteiger partial charge on any atom is 0.242 e. The van der Waals surface area contributed by atoms with Gasteiger partial charge in [0.25, 0.3) is 0 Å². The standard InChI is InChI=1S/C16H22BrFN2O/c1-16(15(19)21,13-10-11(17)8-9-14(13)18)20-12-6-4-2-3-5-7-12/h8-10,12,20H,2-7H2,1H3,(H2,19,21). The largest absolute Gasteiger partial charge is 0.368 e. The van der Waals surface area contributed by atoms with Gasteiger partial charge in [-0.15, -0.1) is 0 Å². The van der Waals surface area contributed by atoms with Gasteiger partial charge in [0.05, 0.1) is 0 Å². The lowest BCUT2D eigenvalue weighted by molar-refractivity contribution is -0.124. The Morgan fingerprint density at radius 2 is 1.95 bits per heavy atom. The van der Waals surface area contributed by atoms with E-state index in [0.717, 1.165) is 30.2 Å². The van der Waals surface area contributed by atoms with Gasteiger partial charge in [0.2, 0.25) is 5.91 Å². The van der Waals surface area contributed by atoms with Crippen molar-refractivity contribution in [2.75, 3.05) is 0 Å². The minimum Gasteiger partial charge on any atom is -0.368 e. The van der Waals surface area contributed by atoms with Crippen LogP contribution in [0.1, 0.15) is 51.0 Å². The molecule has 1 aromatic rings. The normalized spacial score (nSPS) is 19.8. The average molecular weight is 357 g/mol. The number of amides is 1. The predicted molar refractivity (Wildman–Crippen MR) is 85.3 cm³/mol. The van der Waals surface area contributed by atoms with Crippen LogP contribution in [0.5, 0.6) is 0 Å². The Labute approximate surface area is 133 Å². The Bertz CT molecular complexity index is 515. The van der Waals surface area contributed by atoms with E-state index in [1.54, 1.807) is 19.1 Å². The first-order valence-corrected chi connectivity index (χ1v) is 8.26. The Morgan fingerprint density at radius 3 is 2.52 bits per heavy atom. The van der Waals surface area contributed by atoms with Crippen LogP contribution in [0, 0.1) is 5.82 Å². The van der Waals surface area contributed by atoms with Gasteiger partial charge in [0.1, 0.15) is 11.4 Å². The highest BCUT2D eigenvalue weighted by molar-refractivity contribution is 9.10. The molecule has 2 rings (SSSR count). The van der Waals surface area contributed by atoms with Crippen molar-refractivity contribution in [1.29, 1.82) is 0 Å². The Hall–Kier alpha value is -0.940. The number of halogens is 2. The fourth-order valence-electron chi connectivity index (χ4n) is 2.99. The van der Waals surface area contributed by atoms with Crippen LogP contribution < -0.4 is 11.1 Å². The first-order chi connectivity index (χ1) is 9.93. The summed E-state index contributed by atoms with van der Waals surface area (Å²) >= 11 is 3.33. The summed E-state index contributed by atoms with van der Waals surface area (Å²) in [5.41, 5.74) is 4.70. The molecule has 0 heterocycles. The predicted octanol–water partition coefficient (Wildman–Crippen LogP) is 3.60. The summed E-state index contributed by atoms with van der Waals surface area (Å²) in [6.45, 7) is 1.67. The number of carbonyl (C=O) groups is 1. The van der Waals surface area contributed by atoms with Crippen molar-refractivity contribution < 1.29 is 9.18 Å². The number of primary amides is 1. The number of nitrogens with one attached hydrogen (secondary N) is 1. The molecule has 116 valence electrons. The molecular formula is C16H22BrFN2O. The zero-order valence-corrected chi connectivity index (χ0v) is 13.9. The van der Waals surface area contributed by atoms with E-state index in [1.165, 1.54) is 18.9 Å². The van der Waals surface area contributed by atoms with Crippen molar-refractivity contribution in [2.24, 2.45) is 5.73 Å². The second kappa shape index (κ2) is 6.88. The lowest BCUT2D eigenvalue weighted by Gasteiger charge is -2.33. The van der Waals surface area contributed by atoms with Crippen LogP contribution in [-0.4, -0.2) is 11.9 Å². The van der Waals surface area contributed by atoms with E-state index in [1.807, 2.05) is 0 Å². The van der Waals surface area contributed by atoms with Crippen molar-refractivity contribution in [1.82, 2.24) is 5.32 Å². The molecule has 1 aromatic carbocycles. The lowest BCUT2D eigenvalue weighted by Crippen LogP contribution is -2.54. The third-order valence-electron chi connectivity index (χ3n) is 4.31. The highest BCUT2D eigenvalue weighted by Gasteiger charge is 2.37. The number of rotatable bonds is 4. The van der Waals surface area contributed by atoms with Gasteiger partial charge in [0.15, 0.2) is 0 Å². The van der Waals surface area contributed by atoms with Crippen molar-refractivity contribution in [2.45, 2.75) is 57.0 Å². The van der Waals surface area contributed by atoms with E-state index in [-0.39, 0.29) is 6.04 Å². The molecule has 1 amide bonds. The Balaban J connectivity index is 2.31. The SMILES string of the molecule is CC(NC1CCCCCC1)(C(N)=O)c1cc(Br)ccc1F. The first kappa shape index (κ1) is 16.4. The zero-order chi connectivity index (χ0) is 15.5. The van der Waals surface area contributed by atoms with Crippen LogP contribution >= 0.6 is 15.9 Å². The summed E-state index contributed by atoms with van der Waals surface area (Å²) in [6, 6.07) is 4.80. The van der Waals surface area contributed by atoms with Crippen LogP contribution in [0.25, 0.3) is 0 Å². The minimum absolute atomic E-state index is 0.198. The molecule has 0 saturated heterocycles. The molecule has 0 bridgehead atoms. The van der Waals surface area contributed by atoms with Crippen LogP contribution in [0.3, 0.4) is 0 Å². The van der Waals surface area contributed by atoms with Gasteiger partial charge in [-0.3, -0.25) is 10.1 Å². The van der Waals surface area contributed by atoms with E-state index >= 15 is 0 Å². The molecule has 1 aliphatic carbocycles. The second-order valence-electron chi connectivity index (χ2n) is 5.95. The molecule has 21 heavy (non-hydrogen) atoms. The monoisotopic (exact) mass is 356 g/mol. The molecule has 5 heteroatoms. The van der Waals surface area contributed by atoms with Gasteiger partial charge < -0.3 is 5.73 Å². The molecule has 1 aliphatic rings. The number of hydrogen-bond acceptors (Lipinski definition) is 2. The summed E-state index contributed by atoms with van der Waals surface area (Å²) < 4.78 is 14.9. The zero-order valence-electron chi connectivity index (χ0n) is 12.3. The van der Waals surface area contributed by atoms with Crippen molar-refractivity contribution in [3.05, 3.63) is 34.1 Å². The summed E-state index contributed by atoms with van der Waals surface area (Å²) in [6.07, 6.45) is 6.70. The molecule has 0 spiro atoms. The Kier molecular flexibility index (Phi) is 5.38. The number of carbonyl (C=O) groups excluding carboxylic acids is 1. The fourth-order valence-corrected chi connectivity index (χ4v) is 3.36. The van der Waals surface area contributed by atoms with Gasteiger partial charge >= 0.3 is 0 Å². The maximum absolute atomic E-state index is 14.2. The molecule has 0 radical (unpaired) electrons. The molecular weight excluding hydrogens is 335 g/mol. The molecule has 0 aliphatic heterocycles. The summed E-state index contributed by atoms with van der Waals surface area (Å²) in [5.74, 6) is -0.968. The molecule has 3 nitrogen and oxygen atoms in total. The molecule has 1 fully saturated rings. The van der Waals surface area contributed by atoms with Crippen LogP contribution in [0.2, 0.25) is 0 Å². The molecule has 1 saturated carbocycles. The van der Waals surface area contributed by atoms with Gasteiger partial charge in [-0.05, 0) is 38.0 Å². The van der Waals surface area contributed by atoms with Crippen molar-refractivity contribution >= 4 is 21.8 Å². The van der Waals surface area contributed by atoms with Gasteiger partial charge in [-0.25, -0.2) is 4.39 Å². The summed E-state index contributed by atoms with van der Waals surface area (Å²) in [5, 5.41) is 3.32. The van der Waals surface area contributed by atoms with Crippen molar-refractivity contribution in [3.8, 4) is 0 Å². The molecule has 0 aromatic heterocycles. The van der Waals surface area contributed by atoms with Crippen LogP contribution in [0.15, 0.2) is 22.7 Å². The lowest BCUT2D eigenvalue weighted by atomic mass is 9.88. The Morgan fingerprint density at radius 1 is 1.33 bits per heavy atom. The van der Waals surface area contributed by atoms with Gasteiger partial charge in [0, 0.05) is 16.1 Å². The highest BCUT2D eigenvalue weighted by Crippen LogP contribution is 2.29. The number of nitrogens with two attached hydrogens (primary N) is 1. The molecule has 3 N–H and O–H groups in total. The summed E-state index contributed by atoms with van der Waals surface area (Å²) in [7, 11) is 0. The van der Waals surface area contributed by atoms with Crippen LogP contribution in [0.4, 0.5) is 4.39 Å². The third kappa shape index (κ3) is 3.83. The smallest absolute Gasteiger partial charge is 0.242 e. The van der Waals surface area contributed by atoms with E-state index in [9.17, 15) is 9.18 Å². The van der Waals surface area contributed by atoms with Gasteiger partial charge in [-0.1, -0.05) is 41.6 Å². The topological polar surface area (TPSA) is 55.1 Å². The van der Waals surface area contributed by atoms with E-state index < -0.39 is 17.3 Å². The first-order valence-electron chi connectivity index (χ1n) is 7.46. The van der Waals surface area contributed by atoms with E-state index in [2.05, 4.69) is 21.2 Å². The third-order valence-corrected chi connectivity index (χ3v) is 4.80. The molecule has 1 atom stereocenters. The number of hydrogen-bond donors (Lipinski definition) is 2.